The van der Waals surface area contributed by atoms with Crippen LogP contribution in [0.25, 0.3) is 0 Å². The van der Waals surface area contributed by atoms with Gasteiger partial charge in [0.15, 0.2) is 0 Å². The highest BCUT2D eigenvalue weighted by atomic mass is 16.5. The van der Waals surface area contributed by atoms with Crippen LogP contribution >= 0.6 is 0 Å². The quantitative estimate of drug-likeness (QED) is 0.848. The summed E-state index contributed by atoms with van der Waals surface area (Å²) in [7, 11) is 0. The van der Waals surface area contributed by atoms with Gasteiger partial charge in [0, 0.05) is 38.0 Å². The Morgan fingerprint density at radius 2 is 1.91 bits per heavy atom. The van der Waals surface area contributed by atoms with Crippen molar-refractivity contribution < 1.29 is 9.53 Å². The number of anilines is 1. The first-order chi connectivity index (χ1) is 11.3. The highest BCUT2D eigenvalue weighted by Gasteiger charge is 2.37. The van der Waals surface area contributed by atoms with Gasteiger partial charge in [0.25, 0.3) is 0 Å². The van der Waals surface area contributed by atoms with Gasteiger partial charge < -0.3 is 14.5 Å². The lowest BCUT2D eigenvalue weighted by Gasteiger charge is -2.27. The third kappa shape index (κ3) is 3.41. The van der Waals surface area contributed by atoms with E-state index in [9.17, 15) is 4.79 Å². The first kappa shape index (κ1) is 14.7. The van der Waals surface area contributed by atoms with Crippen LogP contribution < -0.4 is 9.64 Å². The van der Waals surface area contributed by atoms with Crippen LogP contribution in [-0.2, 0) is 4.79 Å². The molecule has 6 nitrogen and oxygen atoms in total. The van der Waals surface area contributed by atoms with Crippen LogP contribution in [0.2, 0.25) is 0 Å². The SMILES string of the molecule is O=C(C1CC1)N1CCC(Oc2cc(N3CCCCC3)ncn2)C1. The smallest absolute Gasteiger partial charge is 0.225 e. The molecule has 1 atom stereocenters. The number of piperidine rings is 1. The van der Waals surface area contributed by atoms with E-state index in [0.29, 0.717) is 24.2 Å². The molecule has 0 spiro atoms. The number of likely N-dealkylation sites (tertiary alicyclic amines) is 1. The summed E-state index contributed by atoms with van der Waals surface area (Å²) in [6.07, 6.45) is 8.41. The number of ether oxygens (including phenoxy) is 1. The summed E-state index contributed by atoms with van der Waals surface area (Å²) in [4.78, 5) is 25.0. The maximum absolute atomic E-state index is 12.1. The van der Waals surface area contributed by atoms with Crippen molar-refractivity contribution >= 4 is 11.7 Å². The van der Waals surface area contributed by atoms with Gasteiger partial charge in [-0.05, 0) is 32.1 Å². The van der Waals surface area contributed by atoms with E-state index in [-0.39, 0.29) is 6.10 Å². The van der Waals surface area contributed by atoms with E-state index >= 15 is 0 Å². The molecule has 2 aliphatic heterocycles. The molecule has 3 aliphatic rings. The van der Waals surface area contributed by atoms with Crippen molar-refractivity contribution in [2.24, 2.45) is 5.92 Å². The summed E-state index contributed by atoms with van der Waals surface area (Å²) in [6.45, 7) is 3.62. The fourth-order valence-corrected chi connectivity index (χ4v) is 3.47. The van der Waals surface area contributed by atoms with Crippen LogP contribution in [0.3, 0.4) is 0 Å². The maximum atomic E-state index is 12.1. The number of aromatic nitrogens is 2. The molecular formula is C17H24N4O2. The summed E-state index contributed by atoms with van der Waals surface area (Å²) < 4.78 is 6.02. The summed E-state index contributed by atoms with van der Waals surface area (Å²) >= 11 is 0. The predicted molar refractivity (Wildman–Crippen MR) is 86.4 cm³/mol. The van der Waals surface area contributed by atoms with E-state index < -0.39 is 0 Å². The Labute approximate surface area is 136 Å². The Balaban J connectivity index is 1.36. The standard InChI is InChI=1S/C17H24N4O2/c22-17(13-4-5-13)21-9-6-14(11-21)23-16-10-15(18-12-19-16)20-7-2-1-3-8-20/h10,12-14H,1-9,11H2. The molecule has 124 valence electrons. The number of hydrogen-bond donors (Lipinski definition) is 0. The van der Waals surface area contributed by atoms with E-state index in [4.69, 9.17) is 4.74 Å². The summed E-state index contributed by atoms with van der Waals surface area (Å²) in [6, 6.07) is 1.94. The third-order valence-electron chi connectivity index (χ3n) is 4.98. The molecule has 23 heavy (non-hydrogen) atoms. The van der Waals surface area contributed by atoms with Crippen LogP contribution in [0, 0.1) is 5.92 Å². The summed E-state index contributed by atoms with van der Waals surface area (Å²) in [5, 5.41) is 0. The predicted octanol–water partition coefficient (Wildman–Crippen LogP) is 1.86. The largest absolute Gasteiger partial charge is 0.472 e. The van der Waals surface area contributed by atoms with Crippen molar-refractivity contribution in [3.8, 4) is 5.88 Å². The molecule has 4 rings (SSSR count). The Morgan fingerprint density at radius 3 is 2.70 bits per heavy atom. The molecule has 1 amide bonds. The minimum atomic E-state index is 0.0572. The minimum Gasteiger partial charge on any atom is -0.472 e. The van der Waals surface area contributed by atoms with Crippen molar-refractivity contribution in [2.45, 2.75) is 44.6 Å². The maximum Gasteiger partial charge on any atom is 0.225 e. The molecule has 3 fully saturated rings. The third-order valence-corrected chi connectivity index (χ3v) is 4.98. The topological polar surface area (TPSA) is 58.6 Å². The number of carbonyl (C=O) groups excluding carboxylic acids is 1. The monoisotopic (exact) mass is 316 g/mol. The van der Waals surface area contributed by atoms with Gasteiger partial charge in [0.05, 0.1) is 6.54 Å². The number of hydrogen-bond acceptors (Lipinski definition) is 5. The molecule has 1 saturated carbocycles. The Kier molecular flexibility index (Phi) is 4.06. The van der Waals surface area contributed by atoms with Crippen LogP contribution in [0.5, 0.6) is 5.88 Å². The fraction of sp³-hybridized carbons (Fsp3) is 0.706. The van der Waals surface area contributed by atoms with Crippen molar-refractivity contribution in [1.29, 1.82) is 0 Å². The van der Waals surface area contributed by atoms with Crippen LogP contribution in [0.4, 0.5) is 5.82 Å². The van der Waals surface area contributed by atoms with Gasteiger partial charge in [-0.1, -0.05) is 0 Å². The fourth-order valence-electron chi connectivity index (χ4n) is 3.47. The lowest BCUT2D eigenvalue weighted by atomic mass is 10.1. The molecular weight excluding hydrogens is 292 g/mol. The molecule has 0 N–H and O–H groups in total. The van der Waals surface area contributed by atoms with Gasteiger partial charge in [-0.2, -0.15) is 0 Å². The average Bonchev–Trinajstić information content (AvgIpc) is 3.35. The summed E-state index contributed by atoms with van der Waals surface area (Å²) in [5.74, 6) is 2.19. The number of nitrogens with zero attached hydrogens (tertiary/aromatic N) is 4. The first-order valence-corrected chi connectivity index (χ1v) is 8.82. The average molecular weight is 316 g/mol. The van der Waals surface area contributed by atoms with E-state index in [1.807, 2.05) is 11.0 Å². The van der Waals surface area contributed by atoms with E-state index in [2.05, 4.69) is 14.9 Å². The van der Waals surface area contributed by atoms with Crippen molar-refractivity contribution in [3.05, 3.63) is 12.4 Å². The second-order valence-corrected chi connectivity index (χ2v) is 6.85. The highest BCUT2D eigenvalue weighted by Crippen LogP contribution is 2.32. The van der Waals surface area contributed by atoms with Crippen molar-refractivity contribution in [3.63, 3.8) is 0 Å². The van der Waals surface area contributed by atoms with Gasteiger partial charge in [-0.3, -0.25) is 4.79 Å². The zero-order valence-corrected chi connectivity index (χ0v) is 13.5. The molecule has 1 unspecified atom stereocenters. The van der Waals surface area contributed by atoms with Gasteiger partial charge in [-0.15, -0.1) is 0 Å². The van der Waals surface area contributed by atoms with Gasteiger partial charge in [-0.25, -0.2) is 9.97 Å². The zero-order valence-electron chi connectivity index (χ0n) is 13.5. The first-order valence-electron chi connectivity index (χ1n) is 8.82. The second kappa shape index (κ2) is 6.34. The molecule has 2 saturated heterocycles. The van der Waals surface area contributed by atoms with Gasteiger partial charge in [0.2, 0.25) is 11.8 Å². The number of amides is 1. The number of rotatable bonds is 4. The molecule has 0 radical (unpaired) electrons. The molecule has 6 heteroatoms. The van der Waals surface area contributed by atoms with Crippen LogP contribution in [-0.4, -0.2) is 53.1 Å². The zero-order chi connectivity index (χ0) is 15.6. The molecule has 0 bridgehead atoms. The Hall–Kier alpha value is -1.85. The van der Waals surface area contributed by atoms with Crippen LogP contribution in [0.15, 0.2) is 12.4 Å². The lowest BCUT2D eigenvalue weighted by molar-refractivity contribution is -0.131. The molecule has 1 aromatic rings. The van der Waals surface area contributed by atoms with Gasteiger partial charge >= 0.3 is 0 Å². The Morgan fingerprint density at radius 1 is 1.09 bits per heavy atom. The normalized spacial score (nSPS) is 24.8. The second-order valence-electron chi connectivity index (χ2n) is 6.85. The molecule has 0 aromatic carbocycles. The van der Waals surface area contributed by atoms with Crippen LogP contribution in [0.1, 0.15) is 38.5 Å². The molecule has 3 heterocycles. The molecule has 1 aliphatic carbocycles. The van der Waals surface area contributed by atoms with Crippen molar-refractivity contribution in [1.82, 2.24) is 14.9 Å². The van der Waals surface area contributed by atoms with E-state index in [1.54, 1.807) is 6.33 Å². The molecule has 1 aromatic heterocycles. The van der Waals surface area contributed by atoms with Crippen molar-refractivity contribution in [2.75, 3.05) is 31.1 Å². The minimum absolute atomic E-state index is 0.0572. The van der Waals surface area contributed by atoms with E-state index in [0.717, 1.165) is 44.7 Å². The number of carbonyl (C=O) groups is 1. The lowest BCUT2D eigenvalue weighted by Crippen LogP contribution is -2.32. The summed E-state index contributed by atoms with van der Waals surface area (Å²) in [5.41, 5.74) is 0. The Bertz CT molecular complexity index is 569. The van der Waals surface area contributed by atoms with Gasteiger partial charge in [0.1, 0.15) is 18.2 Å². The van der Waals surface area contributed by atoms with E-state index in [1.165, 1.54) is 19.3 Å². The highest BCUT2D eigenvalue weighted by molar-refractivity contribution is 5.81.